The number of amides is 1. The summed E-state index contributed by atoms with van der Waals surface area (Å²) in [5.74, 6) is 1.05. The van der Waals surface area contributed by atoms with E-state index in [0.29, 0.717) is 23.9 Å². The molecule has 0 unspecified atom stereocenters. The van der Waals surface area contributed by atoms with Crippen molar-refractivity contribution >= 4 is 17.5 Å². The molecule has 1 aromatic carbocycles. The number of ether oxygens (including phenoxy) is 2. The molecule has 0 saturated carbocycles. The summed E-state index contributed by atoms with van der Waals surface area (Å²) in [7, 11) is 0. The van der Waals surface area contributed by atoms with Crippen molar-refractivity contribution in [3.63, 3.8) is 0 Å². The molecule has 2 rings (SSSR count). The van der Waals surface area contributed by atoms with E-state index in [0.717, 1.165) is 25.1 Å². The number of aryl methyl sites for hydroxylation is 1. The molecular weight excluding hydrogens is 563 g/mol. The van der Waals surface area contributed by atoms with Gasteiger partial charge < -0.3 is 38.8 Å². The first kappa shape index (κ1) is 30.5. The van der Waals surface area contributed by atoms with Crippen LogP contribution in [0.3, 0.4) is 0 Å². The summed E-state index contributed by atoms with van der Waals surface area (Å²) in [4.78, 5) is 12.1. The van der Waals surface area contributed by atoms with Gasteiger partial charge in [-0.25, -0.2) is 4.57 Å². The molecule has 34 heavy (non-hydrogen) atoms. The first-order valence-corrected chi connectivity index (χ1v) is 12.8. The van der Waals surface area contributed by atoms with Crippen LogP contribution in [-0.4, -0.2) is 25.7 Å². The van der Waals surface area contributed by atoms with E-state index in [1.807, 2.05) is 24.4 Å². The number of hydrogen-bond donors (Lipinski definition) is 1. The van der Waals surface area contributed by atoms with Gasteiger partial charge in [-0.2, -0.15) is 0 Å². The summed E-state index contributed by atoms with van der Waals surface area (Å²) in [6, 6.07) is 11.4. The van der Waals surface area contributed by atoms with Gasteiger partial charge in [0.15, 0.2) is 18.5 Å². The maximum Gasteiger partial charge on any atom is 0.257 e. The van der Waals surface area contributed by atoms with Gasteiger partial charge in [0.25, 0.3) is 5.91 Å². The van der Waals surface area contributed by atoms with Crippen LogP contribution in [-0.2, 0) is 17.8 Å². The second-order valence-electron chi connectivity index (χ2n) is 8.28. The van der Waals surface area contributed by atoms with Crippen LogP contribution in [0.1, 0.15) is 70.9 Å². The molecule has 0 bridgehead atoms. The van der Waals surface area contributed by atoms with E-state index in [9.17, 15) is 4.79 Å². The molecule has 0 aliphatic rings. The number of carbonyl (C=O) groups is 1. The Morgan fingerprint density at radius 1 is 0.971 bits per heavy atom. The Bertz CT molecular complexity index is 835. The summed E-state index contributed by atoms with van der Waals surface area (Å²) in [6.07, 6.45) is 13.0. The van der Waals surface area contributed by atoms with E-state index in [-0.39, 0.29) is 36.5 Å². The number of pyridine rings is 1. The Hall–Kier alpha value is -1.54. The highest BCUT2D eigenvalue weighted by Crippen LogP contribution is 2.29. The number of nitrogens with zero attached hydrogens (tertiary/aromatic N) is 1. The van der Waals surface area contributed by atoms with E-state index >= 15 is 0 Å². The third-order valence-electron chi connectivity index (χ3n) is 5.61. The fourth-order valence-electron chi connectivity index (χ4n) is 3.69. The normalized spacial score (nSPS) is 10.4. The zero-order valence-electron chi connectivity index (χ0n) is 20.7. The first-order valence-electron chi connectivity index (χ1n) is 12.4. The SMILES string of the molecule is CCCCCCCCCCOc1ccc(OCC(=O)NCCc2cccc[n+]2CC)c(Cl)c1.[I-]. The van der Waals surface area contributed by atoms with Crippen LogP contribution in [0.15, 0.2) is 42.6 Å². The summed E-state index contributed by atoms with van der Waals surface area (Å²) < 4.78 is 13.6. The zero-order valence-corrected chi connectivity index (χ0v) is 23.6. The monoisotopic (exact) mass is 602 g/mol. The van der Waals surface area contributed by atoms with Crippen LogP contribution < -0.4 is 43.3 Å². The van der Waals surface area contributed by atoms with E-state index in [1.54, 1.807) is 12.1 Å². The highest BCUT2D eigenvalue weighted by molar-refractivity contribution is 6.32. The van der Waals surface area contributed by atoms with Gasteiger partial charge in [0.05, 0.1) is 11.6 Å². The molecule has 0 saturated heterocycles. The van der Waals surface area contributed by atoms with Crippen molar-refractivity contribution in [2.45, 2.75) is 78.2 Å². The molecule has 1 N–H and O–H groups in total. The Kier molecular flexibility index (Phi) is 16.8. The van der Waals surface area contributed by atoms with Crippen LogP contribution in [0.5, 0.6) is 11.5 Å². The predicted octanol–water partition coefficient (Wildman–Crippen LogP) is 2.91. The van der Waals surface area contributed by atoms with Gasteiger partial charge in [-0.15, -0.1) is 0 Å². The molecule has 0 fully saturated rings. The van der Waals surface area contributed by atoms with Gasteiger partial charge >= 0.3 is 0 Å². The van der Waals surface area contributed by atoms with Crippen LogP contribution in [0.25, 0.3) is 0 Å². The fourth-order valence-corrected chi connectivity index (χ4v) is 3.91. The number of aromatic nitrogens is 1. The Morgan fingerprint density at radius 2 is 1.71 bits per heavy atom. The van der Waals surface area contributed by atoms with Crippen LogP contribution >= 0.6 is 11.6 Å². The predicted molar refractivity (Wildman–Crippen MR) is 134 cm³/mol. The van der Waals surface area contributed by atoms with Crippen LogP contribution in [0, 0.1) is 0 Å². The largest absolute Gasteiger partial charge is 1.00 e. The summed E-state index contributed by atoms with van der Waals surface area (Å²) in [5.41, 5.74) is 1.19. The summed E-state index contributed by atoms with van der Waals surface area (Å²) in [5, 5.41) is 3.35. The van der Waals surface area contributed by atoms with Crippen molar-refractivity contribution < 1.29 is 42.8 Å². The van der Waals surface area contributed by atoms with E-state index in [4.69, 9.17) is 21.1 Å². The van der Waals surface area contributed by atoms with Crippen molar-refractivity contribution in [2.24, 2.45) is 0 Å². The minimum Gasteiger partial charge on any atom is -1.00 e. The van der Waals surface area contributed by atoms with Crippen molar-refractivity contribution in [3.8, 4) is 11.5 Å². The zero-order chi connectivity index (χ0) is 23.7. The van der Waals surface area contributed by atoms with Gasteiger partial charge in [-0.05, 0) is 25.5 Å². The Morgan fingerprint density at radius 3 is 2.41 bits per heavy atom. The van der Waals surface area contributed by atoms with E-state index in [1.165, 1.54) is 50.6 Å². The van der Waals surface area contributed by atoms with Gasteiger partial charge in [-0.1, -0.05) is 69.5 Å². The minimum absolute atomic E-state index is 0. The van der Waals surface area contributed by atoms with Crippen molar-refractivity contribution in [1.82, 2.24) is 5.32 Å². The Balaban J connectivity index is 0.00000578. The molecule has 1 heterocycles. The highest BCUT2D eigenvalue weighted by atomic mass is 127. The van der Waals surface area contributed by atoms with Gasteiger partial charge in [0, 0.05) is 31.2 Å². The average molecular weight is 603 g/mol. The lowest BCUT2D eigenvalue weighted by Gasteiger charge is -2.11. The van der Waals surface area contributed by atoms with E-state index < -0.39 is 0 Å². The number of carbonyl (C=O) groups excluding carboxylic acids is 1. The number of rotatable bonds is 17. The number of benzene rings is 1. The molecule has 0 aliphatic carbocycles. The molecule has 1 aromatic heterocycles. The summed E-state index contributed by atoms with van der Waals surface area (Å²) >= 11 is 6.31. The van der Waals surface area contributed by atoms with Crippen molar-refractivity contribution in [2.75, 3.05) is 19.8 Å². The van der Waals surface area contributed by atoms with Crippen LogP contribution in [0.2, 0.25) is 5.02 Å². The van der Waals surface area contributed by atoms with Gasteiger partial charge in [0.1, 0.15) is 18.0 Å². The summed E-state index contributed by atoms with van der Waals surface area (Å²) in [6.45, 7) is 6.44. The van der Waals surface area contributed by atoms with Crippen molar-refractivity contribution in [1.29, 1.82) is 0 Å². The van der Waals surface area contributed by atoms with Crippen molar-refractivity contribution in [3.05, 3.63) is 53.3 Å². The molecule has 2 aromatic rings. The molecule has 1 amide bonds. The second kappa shape index (κ2) is 18.7. The Labute approximate surface area is 227 Å². The minimum atomic E-state index is -0.167. The third-order valence-corrected chi connectivity index (χ3v) is 5.90. The molecular formula is C27H40ClIN2O3. The standard InChI is InChI=1S/C27H39ClN2O3.HI/c1-3-5-6-7-8-9-10-13-20-32-24-15-16-26(25(28)21-24)33-22-27(31)29-18-17-23-14-11-12-19-30(23)4-2;/h11-12,14-16,19,21H,3-10,13,17-18,20,22H2,1-2H3;1H. The number of unbranched alkanes of at least 4 members (excludes halogenated alkanes) is 7. The third kappa shape index (κ3) is 12.2. The first-order chi connectivity index (χ1) is 16.1. The number of hydrogen-bond acceptors (Lipinski definition) is 3. The molecule has 5 nitrogen and oxygen atoms in total. The average Bonchev–Trinajstić information content (AvgIpc) is 2.82. The molecule has 190 valence electrons. The molecule has 7 heteroatoms. The molecule has 0 aliphatic heterocycles. The maximum absolute atomic E-state index is 12.1. The lowest BCUT2D eigenvalue weighted by molar-refractivity contribution is -0.700. The van der Waals surface area contributed by atoms with Gasteiger partial charge in [0.2, 0.25) is 0 Å². The quantitative estimate of drug-likeness (QED) is 0.172. The lowest BCUT2D eigenvalue weighted by atomic mass is 10.1. The smallest absolute Gasteiger partial charge is 0.257 e. The number of nitrogens with one attached hydrogen (secondary N) is 1. The molecule has 0 spiro atoms. The van der Waals surface area contributed by atoms with E-state index in [2.05, 4.69) is 29.8 Å². The number of halogens is 2. The molecule has 0 radical (unpaired) electrons. The second-order valence-corrected chi connectivity index (χ2v) is 8.69. The van der Waals surface area contributed by atoms with Gasteiger partial charge in [-0.3, -0.25) is 4.79 Å². The topological polar surface area (TPSA) is 51.4 Å². The highest BCUT2D eigenvalue weighted by Gasteiger charge is 2.10. The lowest BCUT2D eigenvalue weighted by Crippen LogP contribution is -3.00. The maximum atomic E-state index is 12.1. The van der Waals surface area contributed by atoms with Crippen LogP contribution in [0.4, 0.5) is 0 Å². The molecule has 0 atom stereocenters. The fraction of sp³-hybridized carbons (Fsp3) is 0.556.